The monoisotopic (exact) mass is 438 g/mol. The second-order valence-corrected chi connectivity index (χ2v) is 8.36. The first-order valence-corrected chi connectivity index (χ1v) is 10.9. The van der Waals surface area contributed by atoms with Gasteiger partial charge >= 0.3 is 6.18 Å². The maximum absolute atomic E-state index is 13.3. The first kappa shape index (κ1) is 24.3. The Morgan fingerprint density at radius 2 is 1.93 bits per heavy atom. The van der Waals surface area contributed by atoms with Crippen molar-refractivity contribution >= 4 is 11.8 Å². The Hall–Kier alpha value is -1.99. The molecule has 0 spiro atoms. The molecule has 0 aromatic carbocycles. The molecule has 0 saturated carbocycles. The minimum Gasteiger partial charge on any atom is -0.392 e. The number of alkyl halides is 3. The number of hydrogen-bond acceptors (Lipinski definition) is 3. The normalized spacial score (nSPS) is 13.0. The van der Waals surface area contributed by atoms with Gasteiger partial charge in [0.1, 0.15) is 0 Å². The average Bonchev–Trinajstić information content (AvgIpc) is 2.95. The van der Waals surface area contributed by atoms with Crippen molar-refractivity contribution in [1.82, 2.24) is 9.55 Å². The van der Waals surface area contributed by atoms with E-state index in [1.807, 2.05) is 32.9 Å². The lowest BCUT2D eigenvalue weighted by molar-refractivity contribution is -0.0930. The van der Waals surface area contributed by atoms with Gasteiger partial charge in [-0.3, -0.25) is 4.98 Å². The number of aliphatic hydroxyl groups excluding tert-OH is 1. The summed E-state index contributed by atoms with van der Waals surface area (Å²) in [7, 11) is 0. The van der Waals surface area contributed by atoms with Gasteiger partial charge in [-0.15, -0.1) is 11.8 Å². The van der Waals surface area contributed by atoms with E-state index in [0.29, 0.717) is 6.54 Å². The summed E-state index contributed by atoms with van der Waals surface area (Å²) in [6.07, 6.45) is 3.38. The fourth-order valence-electron chi connectivity index (χ4n) is 3.38. The third kappa shape index (κ3) is 6.01. The van der Waals surface area contributed by atoms with E-state index in [9.17, 15) is 18.3 Å². The zero-order valence-electron chi connectivity index (χ0n) is 17.8. The number of nitrogens with zero attached hydrogens (tertiary/aromatic N) is 2. The van der Waals surface area contributed by atoms with Gasteiger partial charge in [0.15, 0.2) is 0 Å². The fourth-order valence-corrected chi connectivity index (χ4v) is 4.69. The molecule has 164 valence electrons. The summed E-state index contributed by atoms with van der Waals surface area (Å²) in [4.78, 5) is 4.04. The lowest BCUT2D eigenvalue weighted by atomic mass is 10.0. The van der Waals surface area contributed by atoms with Gasteiger partial charge in [-0.25, -0.2) is 0 Å². The molecule has 2 aromatic rings. The van der Waals surface area contributed by atoms with Gasteiger partial charge in [0.2, 0.25) is 0 Å². The second kappa shape index (κ2) is 10.9. The Labute approximate surface area is 180 Å². The zero-order valence-corrected chi connectivity index (χ0v) is 18.6. The molecule has 0 atom stereocenters. The number of rotatable bonds is 9. The summed E-state index contributed by atoms with van der Waals surface area (Å²) in [5, 5.41) is 10.9. The molecule has 2 rings (SSSR count). The topological polar surface area (TPSA) is 38.0 Å². The number of pyridine rings is 1. The summed E-state index contributed by atoms with van der Waals surface area (Å²) in [6, 6.07) is 3.83. The molecule has 3 nitrogen and oxygen atoms in total. The Morgan fingerprint density at radius 3 is 2.47 bits per heavy atom. The van der Waals surface area contributed by atoms with Gasteiger partial charge in [0.05, 0.1) is 11.6 Å². The summed E-state index contributed by atoms with van der Waals surface area (Å²) in [5.41, 5.74) is 3.31. The summed E-state index contributed by atoms with van der Waals surface area (Å²) in [5.74, 6) is 0.345. The molecule has 0 unspecified atom stereocenters. The highest BCUT2D eigenvalue weighted by molar-refractivity contribution is 7.99. The van der Waals surface area contributed by atoms with Crippen LogP contribution in [0.3, 0.4) is 0 Å². The van der Waals surface area contributed by atoms with Crippen molar-refractivity contribution in [3.05, 3.63) is 70.7 Å². The van der Waals surface area contributed by atoms with Crippen LogP contribution < -0.4 is 0 Å². The Balaban J connectivity index is 2.42. The van der Waals surface area contributed by atoms with Gasteiger partial charge in [-0.05, 0) is 49.4 Å². The molecule has 2 heterocycles. The predicted molar refractivity (Wildman–Crippen MR) is 117 cm³/mol. The third-order valence-corrected chi connectivity index (χ3v) is 6.00. The van der Waals surface area contributed by atoms with E-state index in [2.05, 4.69) is 9.55 Å². The van der Waals surface area contributed by atoms with Gasteiger partial charge in [0.25, 0.3) is 0 Å². The average molecular weight is 439 g/mol. The number of thioether (sulfide) groups is 1. The van der Waals surface area contributed by atoms with E-state index in [1.165, 1.54) is 23.9 Å². The van der Waals surface area contributed by atoms with Crippen LogP contribution in [0.4, 0.5) is 13.2 Å². The van der Waals surface area contributed by atoms with E-state index < -0.39 is 11.7 Å². The van der Waals surface area contributed by atoms with Crippen molar-refractivity contribution in [3.63, 3.8) is 0 Å². The van der Waals surface area contributed by atoms with Gasteiger partial charge in [0, 0.05) is 41.5 Å². The lowest BCUT2D eigenvalue weighted by Crippen LogP contribution is -2.11. The van der Waals surface area contributed by atoms with Crippen LogP contribution in [0, 0.1) is 6.92 Å². The molecule has 0 aliphatic rings. The zero-order chi connectivity index (χ0) is 22.3. The lowest BCUT2D eigenvalue weighted by Gasteiger charge is -2.15. The van der Waals surface area contributed by atoms with Crippen molar-refractivity contribution in [3.8, 4) is 0 Å². The van der Waals surface area contributed by atoms with Crippen LogP contribution in [0.15, 0.2) is 53.4 Å². The number of aromatic nitrogens is 2. The van der Waals surface area contributed by atoms with Gasteiger partial charge in [-0.2, -0.15) is 13.2 Å². The summed E-state index contributed by atoms with van der Waals surface area (Å²) < 4.78 is 42.0. The molecule has 0 amide bonds. The molecule has 0 saturated heterocycles. The molecule has 0 fully saturated rings. The van der Waals surface area contributed by atoms with Gasteiger partial charge in [-0.1, -0.05) is 32.1 Å². The highest BCUT2D eigenvalue weighted by Gasteiger charge is 2.32. The molecular weight excluding hydrogens is 409 g/mol. The molecule has 2 aromatic heterocycles. The molecule has 0 aliphatic carbocycles. The standard InChI is InChI=1S/C23H29F3N2OS/c1-5-6-7-19(23(24,25)26)10-13-30-22-21(16(2)3)20(15-29)17(4)28(22)14-18-8-11-27-12-9-18/h5-6,8-12,16,29H,7,13-15H2,1-4H3/b6-5-,19-10+. The Bertz CT molecular complexity index is 884. The summed E-state index contributed by atoms with van der Waals surface area (Å²) >= 11 is 1.39. The van der Waals surface area contributed by atoms with Crippen LogP contribution in [0.1, 0.15) is 55.5 Å². The minimum atomic E-state index is -4.34. The molecular formula is C23H29F3N2OS. The van der Waals surface area contributed by atoms with Crippen molar-refractivity contribution < 1.29 is 18.3 Å². The third-order valence-electron chi connectivity index (χ3n) is 4.96. The van der Waals surface area contributed by atoms with E-state index in [4.69, 9.17) is 0 Å². The SMILES string of the molecule is C/C=C\C/C(=C\CSc1c(C(C)C)c(CO)c(C)n1Cc1ccncc1)C(F)(F)F. The van der Waals surface area contributed by atoms with Crippen LogP contribution in [0.25, 0.3) is 0 Å². The highest BCUT2D eigenvalue weighted by Crippen LogP contribution is 2.37. The second-order valence-electron chi connectivity index (χ2n) is 7.35. The van der Waals surface area contributed by atoms with Crippen LogP contribution in [-0.2, 0) is 13.2 Å². The van der Waals surface area contributed by atoms with Crippen molar-refractivity contribution in [1.29, 1.82) is 0 Å². The van der Waals surface area contributed by atoms with Gasteiger partial charge < -0.3 is 9.67 Å². The number of halogens is 3. The molecule has 0 bridgehead atoms. The first-order valence-electron chi connectivity index (χ1n) is 9.92. The van der Waals surface area contributed by atoms with Crippen LogP contribution in [0.5, 0.6) is 0 Å². The smallest absolute Gasteiger partial charge is 0.392 e. The van der Waals surface area contributed by atoms with E-state index in [-0.39, 0.29) is 24.7 Å². The quantitative estimate of drug-likeness (QED) is 0.363. The maximum Gasteiger partial charge on any atom is 0.412 e. The van der Waals surface area contributed by atoms with E-state index in [0.717, 1.165) is 27.4 Å². The van der Waals surface area contributed by atoms with Crippen molar-refractivity contribution in [2.45, 2.75) is 64.4 Å². The van der Waals surface area contributed by atoms with Crippen molar-refractivity contribution in [2.75, 3.05) is 5.75 Å². The summed E-state index contributed by atoms with van der Waals surface area (Å²) in [6.45, 7) is 8.22. The van der Waals surface area contributed by atoms with E-state index in [1.54, 1.807) is 25.4 Å². The largest absolute Gasteiger partial charge is 0.412 e. The van der Waals surface area contributed by atoms with Crippen LogP contribution in [-0.4, -0.2) is 26.6 Å². The van der Waals surface area contributed by atoms with Crippen LogP contribution >= 0.6 is 11.8 Å². The number of aliphatic hydroxyl groups is 1. The van der Waals surface area contributed by atoms with E-state index >= 15 is 0 Å². The first-order chi connectivity index (χ1) is 14.2. The molecule has 0 radical (unpaired) electrons. The van der Waals surface area contributed by atoms with Crippen LogP contribution in [0.2, 0.25) is 0 Å². The van der Waals surface area contributed by atoms with Crippen molar-refractivity contribution in [2.24, 2.45) is 0 Å². The number of allylic oxidation sites excluding steroid dienone is 3. The maximum atomic E-state index is 13.3. The Morgan fingerprint density at radius 1 is 1.27 bits per heavy atom. The number of hydrogen-bond donors (Lipinski definition) is 1. The highest BCUT2D eigenvalue weighted by atomic mass is 32.2. The Kier molecular flexibility index (Phi) is 8.79. The predicted octanol–water partition coefficient (Wildman–Crippen LogP) is 6.40. The molecule has 1 N–H and O–H groups in total. The fraction of sp³-hybridized carbons (Fsp3) is 0.435. The minimum absolute atomic E-state index is 0.0960. The molecule has 0 aliphatic heterocycles. The molecule has 30 heavy (non-hydrogen) atoms. The molecule has 7 heteroatoms.